The lowest BCUT2D eigenvalue weighted by molar-refractivity contribution is -0.122. The minimum atomic E-state index is -0.154. The first kappa shape index (κ1) is 16.4. The van der Waals surface area contributed by atoms with Gasteiger partial charge in [0.1, 0.15) is 5.69 Å². The molecule has 2 atom stereocenters. The minimum Gasteiger partial charge on any atom is -0.348 e. The summed E-state index contributed by atoms with van der Waals surface area (Å²) in [6, 6.07) is 12.0. The largest absolute Gasteiger partial charge is 0.348 e. The number of nitrogens with one attached hydrogen (secondary N) is 1. The second-order valence-corrected chi connectivity index (χ2v) is 6.85. The average molecular weight is 322 g/mol. The predicted molar refractivity (Wildman–Crippen MR) is 93.0 cm³/mol. The zero-order chi connectivity index (χ0) is 17.3. The fraction of sp³-hybridized carbons (Fsp3) is 0.350. The maximum atomic E-state index is 12.4. The third kappa shape index (κ3) is 3.09. The molecule has 1 fully saturated rings. The number of aryl methyl sites for hydroxylation is 2. The van der Waals surface area contributed by atoms with Crippen LogP contribution in [0.1, 0.15) is 40.5 Å². The SMILES string of the molecule is Cc1ccc(C2(C)CC2C(=O)NCC(=O)c2ncccc2C)cc1. The van der Waals surface area contributed by atoms with E-state index >= 15 is 0 Å². The Labute approximate surface area is 142 Å². The van der Waals surface area contributed by atoms with Crippen LogP contribution in [-0.2, 0) is 10.2 Å². The molecular weight excluding hydrogens is 300 g/mol. The van der Waals surface area contributed by atoms with Crippen molar-refractivity contribution >= 4 is 11.7 Å². The number of carbonyl (C=O) groups excluding carboxylic acids is 2. The predicted octanol–water partition coefficient (Wildman–Crippen LogP) is 2.98. The fourth-order valence-electron chi connectivity index (χ4n) is 3.15. The van der Waals surface area contributed by atoms with Crippen molar-refractivity contribution in [3.8, 4) is 0 Å². The molecular formula is C20H22N2O2. The second-order valence-electron chi connectivity index (χ2n) is 6.85. The first-order valence-electron chi connectivity index (χ1n) is 8.21. The highest BCUT2D eigenvalue weighted by Crippen LogP contribution is 2.54. The molecule has 1 saturated carbocycles. The maximum absolute atomic E-state index is 12.4. The van der Waals surface area contributed by atoms with E-state index in [0.29, 0.717) is 5.69 Å². The van der Waals surface area contributed by atoms with Crippen LogP contribution in [-0.4, -0.2) is 23.2 Å². The average Bonchev–Trinajstić information content (AvgIpc) is 3.26. The maximum Gasteiger partial charge on any atom is 0.224 e. The number of carbonyl (C=O) groups is 2. The van der Waals surface area contributed by atoms with Crippen LogP contribution in [0.15, 0.2) is 42.6 Å². The van der Waals surface area contributed by atoms with Gasteiger partial charge in [-0.1, -0.05) is 42.8 Å². The molecule has 1 N–H and O–H groups in total. The molecule has 3 rings (SSSR count). The molecule has 0 saturated heterocycles. The van der Waals surface area contributed by atoms with Gasteiger partial charge in [0.2, 0.25) is 11.7 Å². The quantitative estimate of drug-likeness (QED) is 0.861. The normalized spacial score (nSPS) is 22.0. The number of hydrogen-bond acceptors (Lipinski definition) is 3. The van der Waals surface area contributed by atoms with Crippen LogP contribution in [0, 0.1) is 19.8 Å². The molecule has 0 aliphatic heterocycles. The summed E-state index contributed by atoms with van der Waals surface area (Å²) < 4.78 is 0. The smallest absolute Gasteiger partial charge is 0.224 e. The van der Waals surface area contributed by atoms with E-state index in [-0.39, 0.29) is 29.6 Å². The molecule has 1 aliphatic carbocycles. The van der Waals surface area contributed by atoms with Crippen molar-refractivity contribution in [3.63, 3.8) is 0 Å². The third-order valence-electron chi connectivity index (χ3n) is 4.96. The number of aromatic nitrogens is 1. The second kappa shape index (κ2) is 6.19. The van der Waals surface area contributed by atoms with Gasteiger partial charge in [-0.25, -0.2) is 0 Å². The van der Waals surface area contributed by atoms with Gasteiger partial charge in [0.05, 0.1) is 6.54 Å². The molecule has 1 aromatic carbocycles. The Morgan fingerprint density at radius 3 is 2.58 bits per heavy atom. The molecule has 124 valence electrons. The number of ketones is 1. The molecule has 0 radical (unpaired) electrons. The zero-order valence-electron chi connectivity index (χ0n) is 14.3. The van der Waals surface area contributed by atoms with E-state index in [0.717, 1.165) is 12.0 Å². The van der Waals surface area contributed by atoms with E-state index in [1.54, 1.807) is 12.3 Å². The Morgan fingerprint density at radius 1 is 1.21 bits per heavy atom. The summed E-state index contributed by atoms with van der Waals surface area (Å²) in [5, 5.41) is 2.78. The first-order chi connectivity index (χ1) is 11.4. The van der Waals surface area contributed by atoms with Crippen LogP contribution < -0.4 is 5.32 Å². The Hall–Kier alpha value is -2.49. The topological polar surface area (TPSA) is 59.1 Å². The van der Waals surface area contributed by atoms with Crippen molar-refractivity contribution in [2.75, 3.05) is 6.54 Å². The molecule has 4 nitrogen and oxygen atoms in total. The van der Waals surface area contributed by atoms with Crippen molar-refractivity contribution < 1.29 is 9.59 Å². The zero-order valence-corrected chi connectivity index (χ0v) is 14.3. The number of benzene rings is 1. The summed E-state index contributed by atoms with van der Waals surface area (Å²) in [7, 11) is 0. The van der Waals surface area contributed by atoms with Crippen LogP contribution >= 0.6 is 0 Å². The van der Waals surface area contributed by atoms with Gasteiger partial charge in [0.25, 0.3) is 0 Å². The van der Waals surface area contributed by atoms with Gasteiger partial charge in [-0.2, -0.15) is 0 Å². The van der Waals surface area contributed by atoms with Crippen molar-refractivity contribution in [1.29, 1.82) is 0 Å². The number of pyridine rings is 1. The number of amides is 1. The van der Waals surface area contributed by atoms with Gasteiger partial charge in [0, 0.05) is 17.5 Å². The molecule has 24 heavy (non-hydrogen) atoms. The third-order valence-corrected chi connectivity index (χ3v) is 4.96. The van der Waals surface area contributed by atoms with E-state index in [1.807, 2.05) is 13.0 Å². The van der Waals surface area contributed by atoms with Gasteiger partial charge >= 0.3 is 0 Å². The van der Waals surface area contributed by atoms with E-state index in [2.05, 4.69) is 48.4 Å². The van der Waals surface area contributed by atoms with Gasteiger partial charge < -0.3 is 5.32 Å². The number of Topliss-reactive ketones (excluding diaryl/α,β-unsaturated/α-hetero) is 1. The Balaban J connectivity index is 1.60. The molecule has 2 aromatic rings. The van der Waals surface area contributed by atoms with Crippen molar-refractivity contribution in [3.05, 3.63) is 65.0 Å². The van der Waals surface area contributed by atoms with Gasteiger partial charge in [0.15, 0.2) is 0 Å². The van der Waals surface area contributed by atoms with Crippen LogP contribution in [0.3, 0.4) is 0 Å². The lowest BCUT2D eigenvalue weighted by atomic mass is 9.94. The van der Waals surface area contributed by atoms with Crippen molar-refractivity contribution in [2.24, 2.45) is 5.92 Å². The first-order valence-corrected chi connectivity index (χ1v) is 8.21. The number of hydrogen-bond donors (Lipinski definition) is 1. The fourth-order valence-corrected chi connectivity index (χ4v) is 3.15. The van der Waals surface area contributed by atoms with E-state index < -0.39 is 0 Å². The number of rotatable bonds is 5. The molecule has 1 amide bonds. The molecule has 1 aliphatic rings. The molecule has 2 unspecified atom stereocenters. The van der Waals surface area contributed by atoms with Crippen LogP contribution in [0.2, 0.25) is 0 Å². The van der Waals surface area contributed by atoms with E-state index in [9.17, 15) is 9.59 Å². The lowest BCUT2D eigenvalue weighted by Crippen LogP contribution is -2.33. The molecule has 0 bridgehead atoms. The van der Waals surface area contributed by atoms with Crippen LogP contribution in [0.5, 0.6) is 0 Å². The lowest BCUT2D eigenvalue weighted by Gasteiger charge is -2.12. The Kier molecular flexibility index (Phi) is 4.22. The van der Waals surface area contributed by atoms with Crippen LogP contribution in [0.25, 0.3) is 0 Å². The summed E-state index contributed by atoms with van der Waals surface area (Å²) in [4.78, 5) is 28.7. The Morgan fingerprint density at radius 2 is 1.92 bits per heavy atom. The monoisotopic (exact) mass is 322 g/mol. The molecule has 0 spiro atoms. The highest BCUT2D eigenvalue weighted by molar-refractivity contribution is 5.99. The highest BCUT2D eigenvalue weighted by atomic mass is 16.2. The summed E-state index contributed by atoms with van der Waals surface area (Å²) in [6.45, 7) is 6.00. The summed E-state index contributed by atoms with van der Waals surface area (Å²) >= 11 is 0. The Bertz CT molecular complexity index is 782. The van der Waals surface area contributed by atoms with E-state index in [4.69, 9.17) is 0 Å². The van der Waals surface area contributed by atoms with E-state index in [1.165, 1.54) is 11.1 Å². The minimum absolute atomic E-state index is 0.00281. The summed E-state index contributed by atoms with van der Waals surface area (Å²) in [6.07, 6.45) is 2.41. The van der Waals surface area contributed by atoms with Gasteiger partial charge in [-0.15, -0.1) is 0 Å². The molecule has 4 heteroatoms. The molecule has 1 aromatic heterocycles. The van der Waals surface area contributed by atoms with Crippen molar-refractivity contribution in [1.82, 2.24) is 10.3 Å². The summed E-state index contributed by atoms with van der Waals surface area (Å²) in [5.74, 6) is -0.281. The van der Waals surface area contributed by atoms with Crippen LogP contribution in [0.4, 0.5) is 0 Å². The summed E-state index contributed by atoms with van der Waals surface area (Å²) in [5.41, 5.74) is 3.52. The molecule has 1 heterocycles. The van der Waals surface area contributed by atoms with Gasteiger partial charge in [-0.05, 0) is 37.5 Å². The standard InChI is InChI=1S/C20H22N2O2/c1-13-6-8-15(9-7-13)20(3)11-16(20)19(24)22-12-17(23)18-14(2)5-4-10-21-18/h4-10,16H,11-12H2,1-3H3,(H,22,24). The van der Waals surface area contributed by atoms with Crippen molar-refractivity contribution in [2.45, 2.75) is 32.6 Å². The highest BCUT2D eigenvalue weighted by Gasteiger charge is 2.55. The number of nitrogens with zero attached hydrogens (tertiary/aromatic N) is 1. The van der Waals surface area contributed by atoms with Gasteiger partial charge in [-0.3, -0.25) is 14.6 Å².